The molecule has 0 bridgehead atoms. The number of halogens is 3. The smallest absolute Gasteiger partial charge is 0.315 e. The van der Waals surface area contributed by atoms with Gasteiger partial charge in [-0.25, -0.2) is 8.78 Å². The molecule has 2 atom stereocenters. The first kappa shape index (κ1) is 9.38. The number of rotatable bonds is 2. The van der Waals surface area contributed by atoms with Gasteiger partial charge < -0.3 is 4.74 Å². The summed E-state index contributed by atoms with van der Waals surface area (Å²) in [6.45, 7) is 0. The molecule has 1 aliphatic carbocycles. The Morgan fingerprint density at radius 2 is 1.92 bits per heavy atom. The first-order valence-electron chi connectivity index (χ1n) is 3.08. The molecule has 0 aromatic heterocycles. The highest BCUT2D eigenvalue weighted by Crippen LogP contribution is 2.56. The minimum absolute atomic E-state index is 0.979. The van der Waals surface area contributed by atoms with E-state index in [0.29, 0.717) is 0 Å². The first-order chi connectivity index (χ1) is 5.42. The predicted molar refractivity (Wildman–Crippen MR) is 34.8 cm³/mol. The molecule has 1 rings (SSSR count). The lowest BCUT2D eigenvalue weighted by Crippen LogP contribution is -2.08. The zero-order valence-electron chi connectivity index (χ0n) is 6.01. The van der Waals surface area contributed by atoms with Crippen LogP contribution in [-0.4, -0.2) is 24.2 Å². The molecule has 0 heterocycles. The van der Waals surface area contributed by atoms with Crippen LogP contribution in [0.5, 0.6) is 0 Å². The van der Waals surface area contributed by atoms with Crippen LogP contribution in [0.15, 0.2) is 0 Å². The van der Waals surface area contributed by atoms with Crippen molar-refractivity contribution >= 4 is 22.8 Å². The van der Waals surface area contributed by atoms with Gasteiger partial charge in [-0.2, -0.15) is 0 Å². The lowest BCUT2D eigenvalue weighted by atomic mass is 10.3. The van der Waals surface area contributed by atoms with Gasteiger partial charge in [-0.05, 0) is 11.6 Å². The zero-order chi connectivity index (χ0) is 9.52. The van der Waals surface area contributed by atoms with Crippen molar-refractivity contribution in [2.75, 3.05) is 7.11 Å². The molecule has 0 radical (unpaired) electrons. The van der Waals surface area contributed by atoms with Gasteiger partial charge in [0.25, 0.3) is 5.92 Å². The van der Waals surface area contributed by atoms with E-state index < -0.39 is 29.0 Å². The average molecular weight is 199 g/mol. The van der Waals surface area contributed by atoms with Crippen molar-refractivity contribution in [3.8, 4) is 0 Å². The third-order valence-corrected chi connectivity index (χ3v) is 1.99. The summed E-state index contributed by atoms with van der Waals surface area (Å²) in [6.07, 6.45) is 0. The summed E-state index contributed by atoms with van der Waals surface area (Å²) in [6, 6.07) is 0. The Balaban J connectivity index is 2.73. The maximum absolute atomic E-state index is 12.5. The van der Waals surface area contributed by atoms with Crippen molar-refractivity contribution in [2.45, 2.75) is 5.92 Å². The summed E-state index contributed by atoms with van der Waals surface area (Å²) in [5, 5.41) is -1.20. The van der Waals surface area contributed by atoms with Crippen molar-refractivity contribution in [2.24, 2.45) is 11.8 Å². The Morgan fingerprint density at radius 3 is 2.17 bits per heavy atom. The number of alkyl halides is 2. The number of esters is 1. The Hall–Kier alpha value is -0.710. The summed E-state index contributed by atoms with van der Waals surface area (Å²) in [5.41, 5.74) is 0. The van der Waals surface area contributed by atoms with E-state index in [1.165, 1.54) is 0 Å². The highest BCUT2D eigenvalue weighted by molar-refractivity contribution is 6.64. The monoisotopic (exact) mass is 198 g/mol. The maximum Gasteiger partial charge on any atom is 0.315 e. The van der Waals surface area contributed by atoms with Crippen LogP contribution in [0.3, 0.4) is 0 Å². The van der Waals surface area contributed by atoms with Gasteiger partial charge in [-0.15, -0.1) is 0 Å². The van der Waals surface area contributed by atoms with Crippen LogP contribution < -0.4 is 0 Å². The number of carbonyl (C=O) groups is 2. The highest BCUT2D eigenvalue weighted by atomic mass is 35.5. The summed E-state index contributed by atoms with van der Waals surface area (Å²) < 4.78 is 29.1. The van der Waals surface area contributed by atoms with Crippen molar-refractivity contribution in [1.82, 2.24) is 0 Å². The second kappa shape index (κ2) is 2.65. The fraction of sp³-hybridized carbons (Fsp3) is 0.667. The molecule has 3 nitrogen and oxygen atoms in total. The van der Waals surface area contributed by atoms with Gasteiger partial charge in [-0.1, -0.05) is 0 Å². The fourth-order valence-corrected chi connectivity index (χ4v) is 1.30. The zero-order valence-corrected chi connectivity index (χ0v) is 6.77. The van der Waals surface area contributed by atoms with E-state index in [0.717, 1.165) is 7.11 Å². The first-order valence-corrected chi connectivity index (χ1v) is 3.45. The number of carbonyl (C=O) groups excluding carboxylic acids is 2. The van der Waals surface area contributed by atoms with Crippen LogP contribution in [0.2, 0.25) is 0 Å². The van der Waals surface area contributed by atoms with E-state index in [-0.39, 0.29) is 0 Å². The van der Waals surface area contributed by atoms with Gasteiger partial charge in [0, 0.05) is 0 Å². The maximum atomic E-state index is 12.5. The van der Waals surface area contributed by atoms with Gasteiger partial charge in [-0.3, -0.25) is 9.59 Å². The van der Waals surface area contributed by atoms with Gasteiger partial charge in [0.15, 0.2) is 0 Å². The van der Waals surface area contributed by atoms with E-state index in [4.69, 9.17) is 11.6 Å². The molecule has 1 aliphatic rings. The molecule has 1 saturated carbocycles. The Labute approximate surface area is 71.6 Å². The molecule has 0 spiro atoms. The third kappa shape index (κ3) is 1.18. The van der Waals surface area contributed by atoms with Crippen molar-refractivity contribution < 1.29 is 23.1 Å². The van der Waals surface area contributed by atoms with Crippen molar-refractivity contribution in [1.29, 1.82) is 0 Å². The fourth-order valence-electron chi connectivity index (χ4n) is 1.03. The van der Waals surface area contributed by atoms with Gasteiger partial charge in [0.2, 0.25) is 5.24 Å². The van der Waals surface area contributed by atoms with Crippen LogP contribution in [0.4, 0.5) is 8.78 Å². The quantitative estimate of drug-likeness (QED) is 0.487. The molecule has 0 aromatic rings. The van der Waals surface area contributed by atoms with Gasteiger partial charge >= 0.3 is 5.97 Å². The van der Waals surface area contributed by atoms with Crippen LogP contribution in [0.1, 0.15) is 0 Å². The number of ether oxygens (including phenoxy) is 1. The topological polar surface area (TPSA) is 43.4 Å². The molecule has 6 heteroatoms. The molecular weight excluding hydrogens is 194 g/mol. The Kier molecular flexibility index (Phi) is 2.07. The summed E-state index contributed by atoms with van der Waals surface area (Å²) in [5.74, 6) is -7.82. The molecule has 0 saturated heterocycles. The molecule has 0 aliphatic heterocycles. The standard InChI is InChI=1S/C6H5ClF2O3/c1-12-5(11)3-2(4(7)10)6(3,8)9/h2-3H,1H3. The van der Waals surface area contributed by atoms with Crippen LogP contribution in [0, 0.1) is 11.8 Å². The lowest BCUT2D eigenvalue weighted by molar-refractivity contribution is -0.144. The summed E-state index contributed by atoms with van der Waals surface area (Å²) in [4.78, 5) is 20.9. The van der Waals surface area contributed by atoms with Crippen LogP contribution in [0.25, 0.3) is 0 Å². The summed E-state index contributed by atoms with van der Waals surface area (Å²) in [7, 11) is 0.979. The van der Waals surface area contributed by atoms with E-state index in [2.05, 4.69) is 4.74 Å². The molecule has 0 N–H and O–H groups in total. The molecule has 2 unspecified atom stereocenters. The molecule has 68 valence electrons. The Morgan fingerprint density at radius 1 is 1.42 bits per heavy atom. The molecule has 12 heavy (non-hydrogen) atoms. The third-order valence-electron chi connectivity index (χ3n) is 1.75. The van der Waals surface area contributed by atoms with Crippen molar-refractivity contribution in [3.05, 3.63) is 0 Å². The van der Waals surface area contributed by atoms with E-state index in [1.807, 2.05) is 0 Å². The molecule has 1 fully saturated rings. The number of hydrogen-bond acceptors (Lipinski definition) is 3. The largest absolute Gasteiger partial charge is 0.469 e. The minimum atomic E-state index is -3.33. The lowest BCUT2D eigenvalue weighted by Gasteiger charge is -1.93. The highest BCUT2D eigenvalue weighted by Gasteiger charge is 2.75. The van der Waals surface area contributed by atoms with Crippen LogP contribution >= 0.6 is 11.6 Å². The molecule has 0 amide bonds. The number of hydrogen-bond donors (Lipinski definition) is 0. The normalized spacial score (nSPS) is 31.0. The predicted octanol–water partition coefficient (Wildman–Crippen LogP) is 0.806. The second-order valence-electron chi connectivity index (χ2n) is 2.46. The SMILES string of the molecule is COC(=O)C1C(C(=O)Cl)C1(F)F. The van der Waals surface area contributed by atoms with Crippen molar-refractivity contribution in [3.63, 3.8) is 0 Å². The van der Waals surface area contributed by atoms with Gasteiger partial charge in [0.05, 0.1) is 7.11 Å². The second-order valence-corrected chi connectivity index (χ2v) is 2.83. The minimum Gasteiger partial charge on any atom is -0.469 e. The average Bonchev–Trinajstić information content (AvgIpc) is 2.52. The summed E-state index contributed by atoms with van der Waals surface area (Å²) >= 11 is 4.83. The van der Waals surface area contributed by atoms with E-state index in [1.54, 1.807) is 0 Å². The number of methoxy groups -OCH3 is 1. The van der Waals surface area contributed by atoms with Crippen LogP contribution in [-0.2, 0) is 14.3 Å². The van der Waals surface area contributed by atoms with Gasteiger partial charge in [0.1, 0.15) is 11.8 Å². The molecule has 0 aromatic carbocycles. The van der Waals surface area contributed by atoms with E-state index >= 15 is 0 Å². The molecular formula is C6H5ClF2O3. The Bertz CT molecular complexity index is 241. The van der Waals surface area contributed by atoms with E-state index in [9.17, 15) is 18.4 Å².